The smallest absolute Gasteiger partial charge is 0.243 e. The molecule has 2 rings (SSSR count). The van der Waals surface area contributed by atoms with E-state index in [1.807, 2.05) is 32.9 Å². The monoisotopic (exact) mass is 268 g/mol. The number of rotatable bonds is 2. The van der Waals surface area contributed by atoms with Crippen LogP contribution in [0, 0.1) is 6.92 Å². The van der Waals surface area contributed by atoms with Gasteiger partial charge in [-0.25, -0.2) is 8.42 Å². The zero-order valence-corrected chi connectivity index (χ0v) is 11.9. The van der Waals surface area contributed by atoms with Crippen LogP contribution in [-0.4, -0.2) is 37.9 Å². The summed E-state index contributed by atoms with van der Waals surface area (Å²) in [5.74, 6) is 0. The molecule has 18 heavy (non-hydrogen) atoms. The van der Waals surface area contributed by atoms with E-state index in [1.54, 1.807) is 16.4 Å². The van der Waals surface area contributed by atoms with Gasteiger partial charge in [-0.3, -0.25) is 0 Å². The second kappa shape index (κ2) is 4.64. The van der Waals surface area contributed by atoms with Crippen molar-refractivity contribution in [1.29, 1.82) is 0 Å². The number of aryl methyl sites for hydroxylation is 1. The third-order valence-corrected chi connectivity index (χ3v) is 5.66. The highest BCUT2D eigenvalue weighted by atomic mass is 32.2. The van der Waals surface area contributed by atoms with E-state index < -0.39 is 10.0 Å². The molecule has 1 fully saturated rings. The number of sulfonamides is 1. The number of hydrogen-bond donors (Lipinski definition) is 1. The molecule has 1 aliphatic heterocycles. The summed E-state index contributed by atoms with van der Waals surface area (Å²) in [6.45, 7) is 7.64. The third-order valence-electron chi connectivity index (χ3n) is 3.39. The van der Waals surface area contributed by atoms with Crippen LogP contribution in [0.15, 0.2) is 29.2 Å². The Bertz CT molecular complexity index is 538. The fraction of sp³-hybridized carbons (Fsp3) is 0.538. The van der Waals surface area contributed by atoms with Gasteiger partial charge in [0.15, 0.2) is 0 Å². The molecule has 0 spiro atoms. The molecule has 0 aromatic heterocycles. The lowest BCUT2D eigenvalue weighted by molar-refractivity contribution is 0.186. The van der Waals surface area contributed by atoms with Crippen LogP contribution in [0.5, 0.6) is 0 Å². The summed E-state index contributed by atoms with van der Waals surface area (Å²) in [5, 5.41) is 3.24. The maximum atomic E-state index is 12.7. The van der Waals surface area contributed by atoms with Gasteiger partial charge in [0, 0.05) is 25.2 Å². The van der Waals surface area contributed by atoms with E-state index in [4.69, 9.17) is 0 Å². The summed E-state index contributed by atoms with van der Waals surface area (Å²) in [5.41, 5.74) is 0.408. The highest BCUT2D eigenvalue weighted by molar-refractivity contribution is 7.89. The molecule has 1 aromatic carbocycles. The molecule has 100 valence electrons. The lowest BCUT2D eigenvalue weighted by atomic mass is 10.0. The van der Waals surface area contributed by atoms with Crippen LogP contribution < -0.4 is 5.32 Å². The van der Waals surface area contributed by atoms with Crippen molar-refractivity contribution in [3.05, 3.63) is 29.8 Å². The Kier molecular flexibility index (Phi) is 3.49. The van der Waals surface area contributed by atoms with Crippen LogP contribution in [-0.2, 0) is 10.0 Å². The Morgan fingerprint density at radius 1 is 1.28 bits per heavy atom. The standard InChI is InChI=1S/C13H20N2O2S/c1-11-6-4-5-7-12(11)18(16,17)15-9-8-14-10-13(15,2)3/h4-7,14H,8-10H2,1-3H3. The van der Waals surface area contributed by atoms with Crippen molar-refractivity contribution >= 4 is 10.0 Å². The minimum atomic E-state index is -3.41. The lowest BCUT2D eigenvalue weighted by Crippen LogP contribution is -2.59. The van der Waals surface area contributed by atoms with Gasteiger partial charge in [0.25, 0.3) is 0 Å². The van der Waals surface area contributed by atoms with E-state index in [9.17, 15) is 8.42 Å². The van der Waals surface area contributed by atoms with Crippen LogP contribution in [0.25, 0.3) is 0 Å². The van der Waals surface area contributed by atoms with Crippen LogP contribution in [0.3, 0.4) is 0 Å². The Hall–Kier alpha value is -0.910. The molecule has 0 radical (unpaired) electrons. The molecular formula is C13H20N2O2S. The van der Waals surface area contributed by atoms with Crippen LogP contribution >= 0.6 is 0 Å². The molecule has 4 nitrogen and oxygen atoms in total. The first kappa shape index (κ1) is 13.5. The van der Waals surface area contributed by atoms with E-state index in [-0.39, 0.29) is 5.54 Å². The van der Waals surface area contributed by atoms with Crippen molar-refractivity contribution in [2.45, 2.75) is 31.2 Å². The molecule has 1 N–H and O–H groups in total. The number of hydrogen-bond acceptors (Lipinski definition) is 3. The molecule has 0 atom stereocenters. The Balaban J connectivity index is 2.46. The van der Waals surface area contributed by atoms with Crippen LogP contribution in [0.1, 0.15) is 19.4 Å². The predicted octanol–water partition coefficient (Wildman–Crippen LogP) is 1.37. The molecule has 1 saturated heterocycles. The molecule has 5 heteroatoms. The van der Waals surface area contributed by atoms with Gasteiger partial charge in [-0.05, 0) is 32.4 Å². The normalized spacial score (nSPS) is 20.8. The van der Waals surface area contributed by atoms with Gasteiger partial charge < -0.3 is 5.32 Å². The fourth-order valence-electron chi connectivity index (χ4n) is 2.38. The van der Waals surface area contributed by atoms with E-state index in [0.717, 1.165) is 5.56 Å². The maximum Gasteiger partial charge on any atom is 0.243 e. The van der Waals surface area contributed by atoms with Gasteiger partial charge in [0.05, 0.1) is 4.90 Å². The molecule has 1 aliphatic rings. The van der Waals surface area contributed by atoms with E-state index in [1.165, 1.54) is 0 Å². The van der Waals surface area contributed by atoms with Crippen molar-refractivity contribution in [2.24, 2.45) is 0 Å². The molecule has 0 amide bonds. The molecule has 0 saturated carbocycles. The molecule has 0 bridgehead atoms. The van der Waals surface area contributed by atoms with Gasteiger partial charge in [0.1, 0.15) is 0 Å². The van der Waals surface area contributed by atoms with Crippen molar-refractivity contribution < 1.29 is 8.42 Å². The first-order chi connectivity index (χ1) is 8.36. The number of piperazine rings is 1. The first-order valence-electron chi connectivity index (χ1n) is 6.15. The van der Waals surface area contributed by atoms with Gasteiger partial charge >= 0.3 is 0 Å². The van der Waals surface area contributed by atoms with Crippen molar-refractivity contribution in [3.63, 3.8) is 0 Å². The number of nitrogens with one attached hydrogen (secondary N) is 1. The summed E-state index contributed by atoms with van der Waals surface area (Å²) in [7, 11) is -3.41. The average Bonchev–Trinajstić information content (AvgIpc) is 2.28. The number of benzene rings is 1. The largest absolute Gasteiger partial charge is 0.314 e. The second-order valence-electron chi connectivity index (χ2n) is 5.33. The topological polar surface area (TPSA) is 49.4 Å². The average molecular weight is 268 g/mol. The molecule has 1 aromatic rings. The summed E-state index contributed by atoms with van der Waals surface area (Å²) in [4.78, 5) is 0.417. The number of nitrogens with zero attached hydrogens (tertiary/aromatic N) is 1. The highest BCUT2D eigenvalue weighted by Gasteiger charge is 2.39. The quantitative estimate of drug-likeness (QED) is 0.881. The summed E-state index contributed by atoms with van der Waals surface area (Å²) in [6, 6.07) is 7.15. The predicted molar refractivity (Wildman–Crippen MR) is 72.0 cm³/mol. The van der Waals surface area contributed by atoms with Crippen molar-refractivity contribution in [3.8, 4) is 0 Å². The summed E-state index contributed by atoms with van der Waals surface area (Å²) in [6.07, 6.45) is 0. The van der Waals surface area contributed by atoms with Crippen LogP contribution in [0.2, 0.25) is 0 Å². The van der Waals surface area contributed by atoms with Crippen molar-refractivity contribution in [2.75, 3.05) is 19.6 Å². The summed E-state index contributed by atoms with van der Waals surface area (Å²) >= 11 is 0. The fourth-order valence-corrected chi connectivity index (χ4v) is 4.39. The van der Waals surface area contributed by atoms with E-state index in [2.05, 4.69) is 5.32 Å². The summed E-state index contributed by atoms with van der Waals surface area (Å²) < 4.78 is 27.1. The van der Waals surface area contributed by atoms with Crippen molar-refractivity contribution in [1.82, 2.24) is 9.62 Å². The minimum absolute atomic E-state index is 0.390. The molecule has 0 aliphatic carbocycles. The van der Waals surface area contributed by atoms with E-state index in [0.29, 0.717) is 24.5 Å². The Morgan fingerprint density at radius 2 is 1.94 bits per heavy atom. The van der Waals surface area contributed by atoms with Gasteiger partial charge in [-0.2, -0.15) is 4.31 Å². The highest BCUT2D eigenvalue weighted by Crippen LogP contribution is 2.27. The second-order valence-corrected chi connectivity index (χ2v) is 7.16. The molecular weight excluding hydrogens is 248 g/mol. The molecule has 0 unspecified atom stereocenters. The zero-order chi connectivity index (χ0) is 13.4. The lowest BCUT2D eigenvalue weighted by Gasteiger charge is -2.41. The van der Waals surface area contributed by atoms with Gasteiger partial charge in [-0.1, -0.05) is 18.2 Å². The minimum Gasteiger partial charge on any atom is -0.314 e. The SMILES string of the molecule is Cc1ccccc1S(=O)(=O)N1CCNCC1(C)C. The van der Waals surface area contributed by atoms with Gasteiger partial charge in [0.2, 0.25) is 10.0 Å². The first-order valence-corrected chi connectivity index (χ1v) is 7.59. The van der Waals surface area contributed by atoms with E-state index >= 15 is 0 Å². The molecule has 1 heterocycles. The third kappa shape index (κ3) is 2.30. The van der Waals surface area contributed by atoms with Gasteiger partial charge in [-0.15, -0.1) is 0 Å². The zero-order valence-electron chi connectivity index (χ0n) is 11.1. The Morgan fingerprint density at radius 3 is 2.56 bits per heavy atom. The Labute approximate surface area is 109 Å². The maximum absolute atomic E-state index is 12.7. The van der Waals surface area contributed by atoms with Crippen LogP contribution in [0.4, 0.5) is 0 Å².